The van der Waals surface area contributed by atoms with Crippen molar-refractivity contribution in [1.82, 2.24) is 9.80 Å². The first kappa shape index (κ1) is 42.3. The van der Waals surface area contributed by atoms with E-state index in [4.69, 9.17) is 15.2 Å². The number of carbonyl (C=O) groups excluding carboxylic acids is 2. The van der Waals surface area contributed by atoms with Crippen LogP contribution in [0.2, 0.25) is 0 Å². The van der Waals surface area contributed by atoms with E-state index in [2.05, 4.69) is 39.8 Å². The number of rotatable bonds is 11. The zero-order chi connectivity index (χ0) is 40.1. The fourth-order valence-electron chi connectivity index (χ4n) is 7.88. The second-order valence-corrected chi connectivity index (χ2v) is 16.9. The highest BCUT2D eigenvalue weighted by atomic mass is 16.6. The van der Waals surface area contributed by atoms with Crippen LogP contribution in [0.15, 0.2) is 69.3 Å². The van der Waals surface area contributed by atoms with Gasteiger partial charge in [0, 0.05) is 35.7 Å². The second kappa shape index (κ2) is 16.9. The lowest BCUT2D eigenvalue weighted by Crippen LogP contribution is -2.70. The van der Waals surface area contributed by atoms with Crippen molar-refractivity contribution in [2.75, 3.05) is 19.6 Å². The van der Waals surface area contributed by atoms with E-state index in [-0.39, 0.29) is 30.0 Å². The van der Waals surface area contributed by atoms with Gasteiger partial charge in [-0.3, -0.25) is 9.89 Å². The first-order valence-corrected chi connectivity index (χ1v) is 19.0. The van der Waals surface area contributed by atoms with Crippen molar-refractivity contribution in [3.8, 4) is 11.5 Å². The van der Waals surface area contributed by atoms with E-state index in [0.29, 0.717) is 37.8 Å². The Kier molecular flexibility index (Phi) is 13.3. The zero-order valence-electron chi connectivity index (χ0n) is 33.4. The molecule has 1 aromatic carbocycles. The van der Waals surface area contributed by atoms with Crippen molar-refractivity contribution in [1.29, 1.82) is 0 Å². The van der Waals surface area contributed by atoms with E-state index in [1.54, 1.807) is 41.5 Å². The maximum atomic E-state index is 13.0. The Morgan fingerprint density at radius 3 is 2.39 bits per heavy atom. The molecule has 1 heterocycles. The Balaban J connectivity index is 1.47. The van der Waals surface area contributed by atoms with Gasteiger partial charge in [0.2, 0.25) is 5.96 Å². The van der Waals surface area contributed by atoms with E-state index in [1.165, 1.54) is 11.0 Å². The van der Waals surface area contributed by atoms with Gasteiger partial charge >= 0.3 is 12.2 Å². The number of aromatic hydroxyl groups is 2. The van der Waals surface area contributed by atoms with Crippen LogP contribution in [0.4, 0.5) is 9.59 Å². The summed E-state index contributed by atoms with van der Waals surface area (Å²) in [6.45, 7) is 19.8. The van der Waals surface area contributed by atoms with Crippen LogP contribution in [0.1, 0.15) is 111 Å². The van der Waals surface area contributed by atoms with E-state index >= 15 is 0 Å². The van der Waals surface area contributed by atoms with Gasteiger partial charge in [0.15, 0.2) is 11.5 Å². The molecular weight excluding hydrogens is 686 g/mol. The molecule has 12 nitrogen and oxygen atoms in total. The highest BCUT2D eigenvalue weighted by Gasteiger charge is 2.61. The molecule has 1 saturated heterocycles. The van der Waals surface area contributed by atoms with E-state index in [0.717, 1.165) is 54.6 Å². The van der Waals surface area contributed by atoms with Gasteiger partial charge in [0.1, 0.15) is 11.2 Å². The van der Waals surface area contributed by atoms with Gasteiger partial charge in [-0.15, -0.1) is 4.99 Å². The maximum Gasteiger partial charge on any atom is 0.437 e. The number of ether oxygens (including phenoxy) is 2. The van der Waals surface area contributed by atoms with Crippen LogP contribution in [-0.4, -0.2) is 92.5 Å². The van der Waals surface area contributed by atoms with Crippen LogP contribution in [0.25, 0.3) is 0 Å². The lowest BCUT2D eigenvalue weighted by molar-refractivity contribution is -0.135. The Morgan fingerprint density at radius 1 is 1.07 bits per heavy atom. The van der Waals surface area contributed by atoms with Gasteiger partial charge < -0.3 is 30.5 Å². The summed E-state index contributed by atoms with van der Waals surface area (Å²) < 4.78 is 10.8. The molecule has 3 atom stereocenters. The van der Waals surface area contributed by atoms with Crippen molar-refractivity contribution < 1.29 is 34.4 Å². The van der Waals surface area contributed by atoms with Crippen molar-refractivity contribution in [3.63, 3.8) is 0 Å². The fourth-order valence-corrected chi connectivity index (χ4v) is 7.88. The number of likely N-dealkylation sites (tertiary alicyclic amines) is 1. The number of phenols is 2. The van der Waals surface area contributed by atoms with Crippen LogP contribution < -0.4 is 5.73 Å². The quantitative estimate of drug-likeness (QED) is 0.0772. The number of guanidine groups is 1. The van der Waals surface area contributed by atoms with Crippen molar-refractivity contribution >= 4 is 24.9 Å². The number of carbonyl (C=O) groups is 2. The maximum absolute atomic E-state index is 13.0. The number of amides is 2. The highest BCUT2D eigenvalue weighted by molar-refractivity contribution is 5.98. The number of hydrogen-bond acceptors (Lipinski definition) is 9. The minimum atomic E-state index is -1.28. The molecule has 1 aromatic rings. The SMILES string of the molecule is C=N/C(CC12CCN(CCCCCCN(C(=O)OC(C)(C)C)/C(N)=N/C(=O)OC(C)(C)C)C(Cc3ccc(O)c(O)c31)C2(C)O)=C(C)\C=C1\C=CC=CC1. The molecule has 296 valence electrons. The predicted octanol–water partition coefficient (Wildman–Crippen LogP) is 7.57. The molecule has 5 N–H and O–H groups in total. The summed E-state index contributed by atoms with van der Waals surface area (Å²) in [6, 6.07) is 3.14. The minimum absolute atomic E-state index is 0.184. The molecule has 54 heavy (non-hydrogen) atoms. The molecule has 1 fully saturated rings. The smallest absolute Gasteiger partial charge is 0.437 e. The van der Waals surface area contributed by atoms with E-state index in [9.17, 15) is 24.9 Å². The molecule has 3 unspecified atom stereocenters. The molecule has 2 amide bonds. The lowest BCUT2D eigenvalue weighted by atomic mass is 9.53. The minimum Gasteiger partial charge on any atom is -0.504 e. The number of phenolic OH excluding ortho intramolecular Hbond substituents is 2. The summed E-state index contributed by atoms with van der Waals surface area (Å²) in [5, 5.41) is 34.6. The van der Waals surface area contributed by atoms with Gasteiger partial charge in [-0.25, -0.2) is 14.5 Å². The Bertz CT molecular complexity index is 1730. The molecule has 2 bridgehead atoms. The lowest BCUT2D eigenvalue weighted by Gasteiger charge is -2.61. The molecule has 0 spiro atoms. The number of piperidine rings is 1. The summed E-state index contributed by atoms with van der Waals surface area (Å²) in [7, 11) is 0. The second-order valence-electron chi connectivity index (χ2n) is 16.9. The Hall–Kier alpha value is -4.42. The topological polar surface area (TPSA) is 171 Å². The third kappa shape index (κ3) is 10.0. The van der Waals surface area contributed by atoms with Gasteiger partial charge in [0.25, 0.3) is 0 Å². The van der Waals surface area contributed by atoms with Crippen LogP contribution >= 0.6 is 0 Å². The molecule has 1 aliphatic heterocycles. The van der Waals surface area contributed by atoms with Crippen LogP contribution in [-0.2, 0) is 21.3 Å². The normalized spacial score (nSPS) is 24.1. The van der Waals surface area contributed by atoms with Gasteiger partial charge in [-0.1, -0.05) is 49.3 Å². The molecule has 3 aliphatic rings. The van der Waals surface area contributed by atoms with E-state index in [1.807, 2.05) is 32.1 Å². The van der Waals surface area contributed by atoms with Crippen LogP contribution in [0.5, 0.6) is 11.5 Å². The molecule has 4 rings (SSSR count). The first-order valence-electron chi connectivity index (χ1n) is 19.0. The van der Waals surface area contributed by atoms with Crippen molar-refractivity contribution in [2.24, 2.45) is 15.7 Å². The molecule has 12 heteroatoms. The number of hydrogen-bond donors (Lipinski definition) is 4. The standard InChI is InChI=1S/C42H61N5O7/c1-28(25-29-17-13-12-14-18-29)31(44-9)27-42-21-24-46(33(41(42,8)52)26-30-19-20-32(48)35(49)34(30)42)22-15-10-11-16-23-47(38(51)54-40(5,6)7)36(43)45-37(50)53-39(2,3)4/h12-14,17,19-20,25,33,48-49,52H,9-11,15-16,18,21-24,26-27H2,1-8H3,(H2,43,45,50)/b29-25-,31-28-. The summed E-state index contributed by atoms with van der Waals surface area (Å²) in [5.74, 6) is -0.673. The molecular formula is C42H61N5O7. The summed E-state index contributed by atoms with van der Waals surface area (Å²) in [4.78, 5) is 37.1. The average Bonchev–Trinajstić information content (AvgIpc) is 3.05. The Labute approximate surface area is 320 Å². The largest absolute Gasteiger partial charge is 0.504 e. The zero-order valence-corrected chi connectivity index (χ0v) is 33.4. The van der Waals surface area contributed by atoms with E-state index < -0.39 is 34.4 Å². The number of allylic oxidation sites excluding steroid dienone is 8. The highest BCUT2D eigenvalue weighted by Crippen LogP contribution is 2.58. The molecule has 0 aromatic heterocycles. The monoisotopic (exact) mass is 747 g/mol. The molecule has 2 aliphatic carbocycles. The summed E-state index contributed by atoms with van der Waals surface area (Å²) in [5.41, 5.74) is 6.71. The fraction of sp³-hybridized carbons (Fsp3) is 0.571. The number of nitrogens with zero attached hydrogens (tertiary/aromatic N) is 4. The number of aliphatic hydroxyl groups is 1. The molecule has 0 radical (unpaired) electrons. The first-order chi connectivity index (χ1) is 25.2. The average molecular weight is 748 g/mol. The number of benzene rings is 1. The Morgan fingerprint density at radius 2 is 1.76 bits per heavy atom. The molecule has 0 saturated carbocycles. The van der Waals surface area contributed by atoms with Crippen molar-refractivity contribution in [2.45, 2.75) is 135 Å². The van der Waals surface area contributed by atoms with Gasteiger partial charge in [-0.05, 0) is 130 Å². The predicted molar refractivity (Wildman–Crippen MR) is 213 cm³/mol. The summed E-state index contributed by atoms with van der Waals surface area (Å²) in [6.07, 6.45) is 14.0. The third-order valence-electron chi connectivity index (χ3n) is 10.5. The summed E-state index contributed by atoms with van der Waals surface area (Å²) >= 11 is 0. The number of aliphatic imine (C=N–C) groups is 2. The third-order valence-corrected chi connectivity index (χ3v) is 10.5. The van der Waals surface area contributed by atoms with Gasteiger partial charge in [-0.2, -0.15) is 0 Å². The number of unbranched alkanes of at least 4 members (excludes halogenated alkanes) is 3. The van der Waals surface area contributed by atoms with Crippen molar-refractivity contribution in [3.05, 3.63) is 70.5 Å². The van der Waals surface area contributed by atoms with Crippen LogP contribution in [0.3, 0.4) is 0 Å². The number of fused-ring (bicyclic) bond motifs is 4. The number of nitrogens with two attached hydrogens (primary N) is 1. The van der Waals surface area contributed by atoms with Gasteiger partial charge in [0.05, 0.1) is 5.60 Å². The van der Waals surface area contributed by atoms with Crippen LogP contribution in [0, 0.1) is 0 Å².